The second-order valence-corrected chi connectivity index (χ2v) is 19.5. The standard InChI is InChI=1S/C65H110O6/c1-4-7-10-13-16-19-22-25-27-29-31-32-34-35-37-40-43-46-49-52-55-58-64(67)70-61-62(60-69-63(66)57-54-51-48-45-42-39-24-21-18-15-12-9-6-3)71-65(68)59-56-53-50-47-44-41-38-36-33-30-28-26-23-20-17-14-11-8-5-2/h7,10,12,15-17,19-21,24-28,31-32,62H,4-6,8-9,11,13-14,18,22-23,29-30,33-61H2,1-3H3/b10-7-,15-12-,19-16-,20-17-,24-21-,27-25-,28-26-,32-31-. The van der Waals surface area contributed by atoms with Gasteiger partial charge in [0.05, 0.1) is 0 Å². The van der Waals surface area contributed by atoms with E-state index in [9.17, 15) is 14.4 Å². The first kappa shape index (κ1) is 67.3. The van der Waals surface area contributed by atoms with Crippen LogP contribution >= 0.6 is 0 Å². The molecule has 0 bridgehead atoms. The summed E-state index contributed by atoms with van der Waals surface area (Å²) >= 11 is 0. The molecule has 1 unspecified atom stereocenters. The van der Waals surface area contributed by atoms with Crippen molar-refractivity contribution in [1.29, 1.82) is 0 Å². The Bertz CT molecular complexity index is 1410. The van der Waals surface area contributed by atoms with Crippen LogP contribution < -0.4 is 0 Å². The molecule has 0 aromatic rings. The van der Waals surface area contributed by atoms with Crippen LogP contribution in [0.2, 0.25) is 0 Å². The summed E-state index contributed by atoms with van der Waals surface area (Å²) in [4.78, 5) is 38.2. The third kappa shape index (κ3) is 57.1. The maximum absolute atomic E-state index is 12.9. The summed E-state index contributed by atoms with van der Waals surface area (Å²) in [6, 6.07) is 0. The van der Waals surface area contributed by atoms with Gasteiger partial charge in [-0.05, 0) is 116 Å². The SMILES string of the molecule is CC/C=C\C/C=C\C/C=C\C/C=C\CCCCCCCCCCC(=O)OCC(COC(=O)CCCCCCC/C=C\C/C=C\CCC)OC(=O)CCCCCCCCCCC/C=C\C/C=C\CCCCC. The van der Waals surface area contributed by atoms with E-state index in [0.717, 1.165) is 128 Å². The Kier molecular flexibility index (Phi) is 55.9. The van der Waals surface area contributed by atoms with E-state index in [2.05, 4.69) is 118 Å². The zero-order chi connectivity index (χ0) is 51.4. The summed E-state index contributed by atoms with van der Waals surface area (Å²) < 4.78 is 16.9. The minimum atomic E-state index is -0.791. The number of carbonyl (C=O) groups excluding carboxylic acids is 3. The molecule has 0 N–H and O–H groups in total. The Labute approximate surface area is 438 Å². The fourth-order valence-electron chi connectivity index (χ4n) is 8.09. The maximum atomic E-state index is 12.9. The predicted octanol–water partition coefficient (Wildman–Crippen LogP) is 20.1. The summed E-state index contributed by atoms with van der Waals surface area (Å²) in [6.07, 6.45) is 78.2. The van der Waals surface area contributed by atoms with Crippen LogP contribution in [0.25, 0.3) is 0 Å². The molecule has 1 atom stereocenters. The third-order valence-electron chi connectivity index (χ3n) is 12.5. The van der Waals surface area contributed by atoms with Crippen LogP contribution in [0.1, 0.15) is 278 Å². The fraction of sp³-hybridized carbons (Fsp3) is 0.708. The number of ether oxygens (including phenoxy) is 3. The van der Waals surface area contributed by atoms with Gasteiger partial charge in [0.15, 0.2) is 6.10 Å². The zero-order valence-electron chi connectivity index (χ0n) is 46.5. The van der Waals surface area contributed by atoms with E-state index in [0.29, 0.717) is 19.3 Å². The molecule has 0 aliphatic carbocycles. The third-order valence-corrected chi connectivity index (χ3v) is 12.5. The Hall–Kier alpha value is -3.67. The van der Waals surface area contributed by atoms with Gasteiger partial charge in [0.25, 0.3) is 0 Å². The average Bonchev–Trinajstić information content (AvgIpc) is 3.37. The molecule has 0 saturated carbocycles. The number of unbranched alkanes of at least 4 members (excludes halogenated alkanes) is 26. The average molecular weight is 988 g/mol. The van der Waals surface area contributed by atoms with Crippen molar-refractivity contribution in [2.24, 2.45) is 0 Å². The molecular formula is C65H110O6. The molecule has 71 heavy (non-hydrogen) atoms. The zero-order valence-corrected chi connectivity index (χ0v) is 46.5. The summed E-state index contributed by atoms with van der Waals surface area (Å²) in [5.41, 5.74) is 0. The van der Waals surface area contributed by atoms with Gasteiger partial charge in [-0.25, -0.2) is 0 Å². The first-order chi connectivity index (χ1) is 35.0. The highest BCUT2D eigenvalue weighted by Gasteiger charge is 2.19. The van der Waals surface area contributed by atoms with Crippen LogP contribution in [0.5, 0.6) is 0 Å². The first-order valence-corrected chi connectivity index (χ1v) is 29.7. The van der Waals surface area contributed by atoms with Gasteiger partial charge in [-0.15, -0.1) is 0 Å². The minimum absolute atomic E-state index is 0.0882. The summed E-state index contributed by atoms with van der Waals surface area (Å²) in [7, 11) is 0. The van der Waals surface area contributed by atoms with Crippen molar-refractivity contribution in [2.45, 2.75) is 284 Å². The number of hydrogen-bond acceptors (Lipinski definition) is 6. The number of rotatable bonds is 53. The smallest absolute Gasteiger partial charge is 0.306 e. The van der Waals surface area contributed by atoms with Gasteiger partial charge in [0, 0.05) is 19.3 Å². The second-order valence-electron chi connectivity index (χ2n) is 19.5. The van der Waals surface area contributed by atoms with Gasteiger partial charge in [0.1, 0.15) is 13.2 Å². The largest absolute Gasteiger partial charge is 0.462 e. The molecule has 0 amide bonds. The molecule has 0 aromatic carbocycles. The second kappa shape index (κ2) is 58.9. The van der Waals surface area contributed by atoms with Crippen LogP contribution in [0, 0.1) is 0 Å². The van der Waals surface area contributed by atoms with E-state index in [4.69, 9.17) is 14.2 Å². The van der Waals surface area contributed by atoms with Crippen molar-refractivity contribution < 1.29 is 28.6 Å². The molecule has 406 valence electrons. The quantitative estimate of drug-likeness (QED) is 0.0261. The maximum Gasteiger partial charge on any atom is 0.306 e. The lowest BCUT2D eigenvalue weighted by molar-refractivity contribution is -0.167. The van der Waals surface area contributed by atoms with Crippen molar-refractivity contribution in [3.05, 3.63) is 97.2 Å². The van der Waals surface area contributed by atoms with Crippen LogP contribution in [0.15, 0.2) is 97.2 Å². The van der Waals surface area contributed by atoms with Gasteiger partial charge < -0.3 is 14.2 Å². The Morgan fingerprint density at radius 2 is 0.577 bits per heavy atom. The Balaban J connectivity index is 4.39. The molecule has 0 aliphatic heterocycles. The molecule has 6 nitrogen and oxygen atoms in total. The first-order valence-electron chi connectivity index (χ1n) is 29.7. The van der Waals surface area contributed by atoms with Gasteiger partial charge in [-0.1, -0.05) is 240 Å². The number of allylic oxidation sites excluding steroid dienone is 16. The van der Waals surface area contributed by atoms with E-state index in [-0.39, 0.29) is 31.1 Å². The summed E-state index contributed by atoms with van der Waals surface area (Å²) in [6.45, 7) is 6.43. The molecule has 0 radical (unpaired) electrons. The molecular weight excluding hydrogens is 877 g/mol. The molecule has 0 heterocycles. The number of carbonyl (C=O) groups is 3. The minimum Gasteiger partial charge on any atom is -0.462 e. The number of hydrogen-bond donors (Lipinski definition) is 0. The Morgan fingerprint density at radius 3 is 0.915 bits per heavy atom. The highest BCUT2D eigenvalue weighted by Crippen LogP contribution is 2.15. The molecule has 0 aromatic heterocycles. The van der Waals surface area contributed by atoms with E-state index >= 15 is 0 Å². The van der Waals surface area contributed by atoms with E-state index in [1.165, 1.54) is 109 Å². The van der Waals surface area contributed by atoms with Gasteiger partial charge >= 0.3 is 17.9 Å². The summed E-state index contributed by atoms with van der Waals surface area (Å²) in [5.74, 6) is -0.909. The Morgan fingerprint density at radius 1 is 0.296 bits per heavy atom. The lowest BCUT2D eigenvalue weighted by Gasteiger charge is -2.18. The molecule has 6 heteroatoms. The fourth-order valence-corrected chi connectivity index (χ4v) is 8.09. The lowest BCUT2D eigenvalue weighted by atomic mass is 10.1. The van der Waals surface area contributed by atoms with Crippen LogP contribution in [0.3, 0.4) is 0 Å². The molecule has 0 fully saturated rings. The van der Waals surface area contributed by atoms with Crippen molar-refractivity contribution in [1.82, 2.24) is 0 Å². The molecule has 0 spiro atoms. The van der Waals surface area contributed by atoms with Crippen molar-refractivity contribution in [3.63, 3.8) is 0 Å². The van der Waals surface area contributed by atoms with Crippen molar-refractivity contribution >= 4 is 17.9 Å². The van der Waals surface area contributed by atoms with Crippen LogP contribution in [-0.2, 0) is 28.6 Å². The topological polar surface area (TPSA) is 78.9 Å². The van der Waals surface area contributed by atoms with Gasteiger partial charge in [-0.2, -0.15) is 0 Å². The highest BCUT2D eigenvalue weighted by molar-refractivity contribution is 5.71. The molecule has 0 aliphatic rings. The normalized spacial score (nSPS) is 12.8. The summed E-state index contributed by atoms with van der Waals surface area (Å²) in [5, 5.41) is 0. The van der Waals surface area contributed by atoms with Crippen molar-refractivity contribution in [3.8, 4) is 0 Å². The van der Waals surface area contributed by atoms with Gasteiger partial charge in [-0.3, -0.25) is 14.4 Å². The van der Waals surface area contributed by atoms with Crippen LogP contribution in [0.4, 0.5) is 0 Å². The predicted molar refractivity (Wildman–Crippen MR) is 307 cm³/mol. The number of esters is 3. The van der Waals surface area contributed by atoms with Crippen LogP contribution in [-0.4, -0.2) is 37.2 Å². The van der Waals surface area contributed by atoms with E-state index in [1.807, 2.05) is 0 Å². The highest BCUT2D eigenvalue weighted by atomic mass is 16.6. The molecule has 0 rings (SSSR count). The van der Waals surface area contributed by atoms with Gasteiger partial charge in [0.2, 0.25) is 0 Å². The van der Waals surface area contributed by atoms with E-state index < -0.39 is 6.10 Å². The lowest BCUT2D eigenvalue weighted by Crippen LogP contribution is -2.30. The monoisotopic (exact) mass is 987 g/mol. The van der Waals surface area contributed by atoms with E-state index in [1.54, 1.807) is 0 Å². The molecule has 0 saturated heterocycles. The van der Waals surface area contributed by atoms with Crippen molar-refractivity contribution in [2.75, 3.05) is 13.2 Å².